The van der Waals surface area contributed by atoms with Gasteiger partial charge in [0.2, 0.25) is 0 Å². The Hall–Kier alpha value is -2.41. The molecule has 0 fully saturated rings. The highest BCUT2D eigenvalue weighted by molar-refractivity contribution is 5.91. The van der Waals surface area contributed by atoms with Gasteiger partial charge in [-0.2, -0.15) is 9.28 Å². The van der Waals surface area contributed by atoms with Gasteiger partial charge in [0.25, 0.3) is 0 Å². The number of benzene rings is 1. The van der Waals surface area contributed by atoms with Crippen LogP contribution >= 0.6 is 0 Å². The minimum Gasteiger partial charge on any atom is -0.477 e. The van der Waals surface area contributed by atoms with E-state index in [4.69, 9.17) is 10.2 Å². The topological polar surface area (TPSA) is 112 Å². The Bertz CT molecular complexity index is 454. The van der Waals surface area contributed by atoms with Crippen LogP contribution in [0.25, 0.3) is 0 Å². The molecule has 0 aliphatic heterocycles. The Kier molecular flexibility index (Phi) is 4.01. The highest BCUT2D eigenvalue weighted by Crippen LogP contribution is 2.23. The molecule has 7 heteroatoms. The zero-order chi connectivity index (χ0) is 13.8. The van der Waals surface area contributed by atoms with Gasteiger partial charge in [-0.1, -0.05) is 18.2 Å². The van der Waals surface area contributed by atoms with Crippen LogP contribution in [-0.2, 0) is 9.59 Å². The first-order valence-corrected chi connectivity index (χ1v) is 4.98. The van der Waals surface area contributed by atoms with E-state index in [9.17, 15) is 19.5 Å². The molecule has 0 spiro atoms. The van der Waals surface area contributed by atoms with E-state index < -0.39 is 35.6 Å². The van der Waals surface area contributed by atoms with Gasteiger partial charge in [-0.15, -0.1) is 0 Å². The molecule has 0 aromatic heterocycles. The summed E-state index contributed by atoms with van der Waals surface area (Å²) in [5.41, 5.74) is 0.106. The number of aliphatic carboxylic acids is 2. The number of nitrogens with zero attached hydrogens (tertiary/aromatic N) is 1. The predicted molar refractivity (Wildman–Crippen MR) is 61.3 cm³/mol. The van der Waals surface area contributed by atoms with Gasteiger partial charge in [-0.25, -0.2) is 9.59 Å². The highest BCUT2D eigenvalue weighted by atomic mass is 16.4. The van der Waals surface area contributed by atoms with Crippen molar-refractivity contribution in [3.63, 3.8) is 0 Å². The van der Waals surface area contributed by atoms with Crippen LogP contribution in [0.15, 0.2) is 30.3 Å². The number of hydrogen-bond acceptors (Lipinski definition) is 3. The van der Waals surface area contributed by atoms with E-state index in [0.29, 0.717) is 0 Å². The number of rotatable bonds is 5. The number of carboxylic acid groups (broad SMARTS) is 3. The third-order valence-electron chi connectivity index (χ3n) is 2.43. The summed E-state index contributed by atoms with van der Waals surface area (Å²) in [6, 6.07) is 7.45. The van der Waals surface area contributed by atoms with Gasteiger partial charge in [0.15, 0.2) is 13.1 Å². The quantitative estimate of drug-likeness (QED) is 0.671. The highest BCUT2D eigenvalue weighted by Gasteiger charge is 2.44. The van der Waals surface area contributed by atoms with E-state index in [1.807, 2.05) is 0 Å². The molecule has 3 N–H and O–H groups in total. The molecule has 0 saturated carbocycles. The van der Waals surface area contributed by atoms with E-state index in [1.54, 1.807) is 6.07 Å². The molecule has 0 atom stereocenters. The summed E-state index contributed by atoms with van der Waals surface area (Å²) >= 11 is 0. The lowest BCUT2D eigenvalue weighted by Gasteiger charge is -2.28. The monoisotopic (exact) mass is 254 g/mol. The lowest BCUT2D eigenvalue weighted by atomic mass is 10.2. The van der Waals surface area contributed by atoms with Crippen LogP contribution in [0.2, 0.25) is 0 Å². The average molecular weight is 254 g/mol. The fourth-order valence-electron chi connectivity index (χ4n) is 1.66. The SMILES string of the molecule is O=C(O)C[N+](CC(=O)O)(C(=O)O)c1ccccc1. The molecule has 0 aliphatic carbocycles. The van der Waals surface area contributed by atoms with Crippen LogP contribution in [-0.4, -0.2) is 46.4 Å². The van der Waals surface area contributed by atoms with Crippen LogP contribution in [0.1, 0.15) is 0 Å². The summed E-state index contributed by atoms with van der Waals surface area (Å²) in [7, 11) is 0. The van der Waals surface area contributed by atoms with Gasteiger partial charge >= 0.3 is 18.0 Å². The number of carboxylic acids is 2. The second-order valence-corrected chi connectivity index (χ2v) is 3.69. The van der Waals surface area contributed by atoms with Crippen LogP contribution in [0, 0.1) is 0 Å². The third kappa shape index (κ3) is 2.83. The molecule has 0 bridgehead atoms. The van der Waals surface area contributed by atoms with Gasteiger partial charge < -0.3 is 15.3 Å². The lowest BCUT2D eigenvalue weighted by Crippen LogP contribution is -2.59. The molecule has 0 radical (unpaired) electrons. The van der Waals surface area contributed by atoms with Gasteiger partial charge in [-0.3, -0.25) is 0 Å². The number of para-hydroxylation sites is 1. The van der Waals surface area contributed by atoms with Crippen molar-refractivity contribution < 1.29 is 29.7 Å². The van der Waals surface area contributed by atoms with Crippen molar-refractivity contribution in [3.05, 3.63) is 30.3 Å². The molecular weight excluding hydrogens is 242 g/mol. The van der Waals surface area contributed by atoms with Gasteiger partial charge in [-0.05, 0) is 12.1 Å². The van der Waals surface area contributed by atoms with Crippen molar-refractivity contribution in [2.45, 2.75) is 0 Å². The molecule has 0 aliphatic rings. The smallest absolute Gasteiger partial charge is 0.477 e. The minimum absolute atomic E-state index is 0.106. The van der Waals surface area contributed by atoms with Crippen LogP contribution < -0.4 is 4.48 Å². The first-order valence-electron chi connectivity index (χ1n) is 4.98. The van der Waals surface area contributed by atoms with Gasteiger partial charge in [0, 0.05) is 0 Å². The van der Waals surface area contributed by atoms with E-state index in [0.717, 1.165) is 0 Å². The Morgan fingerprint density at radius 1 is 0.889 bits per heavy atom. The predicted octanol–water partition coefficient (Wildman–Crippen LogP) is 0.841. The van der Waals surface area contributed by atoms with Crippen molar-refractivity contribution in [1.29, 1.82) is 0 Å². The first-order chi connectivity index (χ1) is 8.38. The van der Waals surface area contributed by atoms with Crippen LogP contribution in [0.4, 0.5) is 10.5 Å². The molecule has 0 heterocycles. The molecule has 96 valence electrons. The van der Waals surface area contributed by atoms with Gasteiger partial charge in [0.1, 0.15) is 5.69 Å². The molecule has 1 aromatic rings. The maximum Gasteiger partial charge on any atom is 0.519 e. The van der Waals surface area contributed by atoms with Crippen molar-refractivity contribution in [3.8, 4) is 0 Å². The van der Waals surface area contributed by atoms with E-state index in [-0.39, 0.29) is 5.69 Å². The number of hydrogen-bond donors (Lipinski definition) is 3. The second-order valence-electron chi connectivity index (χ2n) is 3.69. The van der Waals surface area contributed by atoms with Crippen molar-refractivity contribution in [1.82, 2.24) is 4.48 Å². The summed E-state index contributed by atoms with van der Waals surface area (Å²) in [5, 5.41) is 26.8. The molecule has 0 saturated heterocycles. The largest absolute Gasteiger partial charge is 0.519 e. The van der Waals surface area contributed by atoms with Crippen molar-refractivity contribution >= 4 is 23.7 Å². The van der Waals surface area contributed by atoms with Gasteiger partial charge in [0.05, 0.1) is 0 Å². The maximum absolute atomic E-state index is 11.3. The fraction of sp³-hybridized carbons (Fsp3) is 0.182. The maximum atomic E-state index is 11.3. The van der Waals surface area contributed by atoms with Crippen LogP contribution in [0.5, 0.6) is 0 Å². The Balaban J connectivity index is 3.33. The molecular formula is C11H12NO6+. The Morgan fingerprint density at radius 2 is 1.33 bits per heavy atom. The molecule has 0 unspecified atom stereocenters. The zero-order valence-corrected chi connectivity index (χ0v) is 9.31. The minimum atomic E-state index is -1.52. The van der Waals surface area contributed by atoms with Crippen LogP contribution in [0.3, 0.4) is 0 Å². The Morgan fingerprint density at radius 3 is 1.67 bits per heavy atom. The summed E-state index contributed by atoms with van der Waals surface area (Å²) in [6.45, 7) is -1.68. The van der Waals surface area contributed by atoms with E-state index in [1.165, 1.54) is 24.3 Å². The van der Waals surface area contributed by atoms with E-state index in [2.05, 4.69) is 0 Å². The molecule has 1 amide bonds. The first kappa shape index (κ1) is 13.7. The summed E-state index contributed by atoms with van der Waals surface area (Å²) in [6.07, 6.45) is -1.52. The molecule has 1 rings (SSSR count). The van der Waals surface area contributed by atoms with E-state index >= 15 is 0 Å². The number of carbonyl (C=O) groups is 3. The van der Waals surface area contributed by atoms with Crippen molar-refractivity contribution in [2.24, 2.45) is 0 Å². The third-order valence-corrected chi connectivity index (χ3v) is 2.43. The summed E-state index contributed by atoms with van der Waals surface area (Å²) in [5.74, 6) is -2.77. The molecule has 18 heavy (non-hydrogen) atoms. The molecule has 1 aromatic carbocycles. The molecule has 7 nitrogen and oxygen atoms in total. The fourth-order valence-corrected chi connectivity index (χ4v) is 1.66. The summed E-state index contributed by atoms with van der Waals surface area (Å²) in [4.78, 5) is 32.9. The normalized spacial score (nSPS) is 10.9. The number of amides is 1. The van der Waals surface area contributed by atoms with Crippen molar-refractivity contribution in [2.75, 3.05) is 13.1 Å². The summed E-state index contributed by atoms with van der Waals surface area (Å²) < 4.78 is -1.18. The Labute approximate surface area is 102 Å². The second kappa shape index (κ2) is 5.28. The standard InChI is InChI=1S/C11H11NO6/c13-9(14)6-12(11(17)18,7-10(15)16)8-4-2-1-3-5-8/h1-5H,6-7H2,(H2-,13,14,15,16,17,18)/p+1. The zero-order valence-electron chi connectivity index (χ0n) is 9.31. The number of quaternary nitrogens is 1. The average Bonchev–Trinajstić information content (AvgIpc) is 2.27. The lowest BCUT2D eigenvalue weighted by molar-refractivity contribution is -0.140.